The van der Waals surface area contributed by atoms with E-state index in [0.717, 1.165) is 12.0 Å². The van der Waals surface area contributed by atoms with E-state index in [0.29, 0.717) is 6.61 Å². The van der Waals surface area contributed by atoms with E-state index in [1.165, 1.54) is 21.0 Å². The van der Waals surface area contributed by atoms with Gasteiger partial charge in [0.1, 0.15) is 0 Å². The molecule has 2 aliphatic heterocycles. The molecular weight excluding hydrogens is 497 g/mol. The van der Waals surface area contributed by atoms with E-state index in [-0.39, 0.29) is 29.6 Å². The summed E-state index contributed by atoms with van der Waals surface area (Å²) in [5.41, 5.74) is 0.904. The van der Waals surface area contributed by atoms with Crippen LogP contribution in [-0.2, 0) is 25.5 Å². The summed E-state index contributed by atoms with van der Waals surface area (Å²) >= 11 is -0.200. The second-order valence-corrected chi connectivity index (χ2v) is 23.4. The molecule has 2 saturated heterocycles. The molecule has 1 aromatic rings. The number of hydrogen-bond donors (Lipinski definition) is 1. The molecule has 182 valence electrons. The summed E-state index contributed by atoms with van der Waals surface area (Å²) in [4.78, 5) is 40.0. The Morgan fingerprint density at radius 3 is 2.36 bits per heavy atom. The summed E-state index contributed by atoms with van der Waals surface area (Å²) in [6.45, 7) is 11.3. The minimum atomic E-state index is -1.77. The van der Waals surface area contributed by atoms with Crippen LogP contribution >= 0.6 is 11.8 Å². The third kappa shape index (κ3) is 5.61. The van der Waals surface area contributed by atoms with E-state index < -0.39 is 30.1 Å². The number of carbonyl (C=O) groups excluding carboxylic acids is 3. The number of nitrogens with zero attached hydrogens (tertiary/aromatic N) is 1. The Bertz CT molecular complexity index is 851. The second-order valence-electron chi connectivity index (χ2n) is 9.80. The molecule has 1 N–H and O–H groups in total. The molecule has 33 heavy (non-hydrogen) atoms. The zero-order valence-electron chi connectivity index (χ0n) is 20.6. The number of carbonyl (C=O) groups is 3. The predicted octanol–water partition coefficient (Wildman–Crippen LogP) is 4.22. The molecule has 0 radical (unpaired) electrons. The number of benzene rings is 1. The second kappa shape index (κ2) is 10.8. The Hall–Kier alpha value is -1.48. The van der Waals surface area contributed by atoms with Crippen LogP contribution in [0.4, 0.5) is 0 Å². The first kappa shape index (κ1) is 26.1. The Morgan fingerprint density at radius 1 is 1.12 bits per heavy atom. The molecular formula is C25H38GeN2O4S. The Kier molecular flexibility index (Phi) is 8.59. The van der Waals surface area contributed by atoms with Gasteiger partial charge in [-0.1, -0.05) is 30.3 Å². The molecule has 3 unspecified atom stereocenters. The molecule has 2 aliphatic rings. The van der Waals surface area contributed by atoms with Gasteiger partial charge in [-0.15, -0.1) is 0 Å². The van der Waals surface area contributed by atoms with Crippen molar-refractivity contribution >= 4 is 42.8 Å². The van der Waals surface area contributed by atoms with Gasteiger partial charge in [-0.25, -0.2) is 0 Å². The molecule has 0 saturated carbocycles. The molecule has 0 spiro atoms. The molecule has 0 bridgehead atoms. The summed E-state index contributed by atoms with van der Waals surface area (Å²) in [6.07, 6.45) is 1.15. The normalized spacial score (nSPS) is 23.6. The van der Waals surface area contributed by atoms with Crippen LogP contribution in [-0.4, -0.2) is 64.8 Å². The maximum absolute atomic E-state index is 13.0. The number of β-lactam (4-membered cyclic amide) rings is 1. The van der Waals surface area contributed by atoms with Crippen molar-refractivity contribution in [3.05, 3.63) is 35.9 Å². The van der Waals surface area contributed by atoms with Crippen molar-refractivity contribution in [1.82, 2.24) is 10.2 Å². The van der Waals surface area contributed by atoms with Crippen LogP contribution in [0.25, 0.3) is 0 Å². The summed E-state index contributed by atoms with van der Waals surface area (Å²) in [6, 6.07) is 8.26. The van der Waals surface area contributed by atoms with E-state index in [9.17, 15) is 14.4 Å². The van der Waals surface area contributed by atoms with Crippen molar-refractivity contribution in [2.24, 2.45) is 0 Å². The van der Waals surface area contributed by atoms with Crippen molar-refractivity contribution < 1.29 is 19.1 Å². The number of hydrogen-bond acceptors (Lipinski definition) is 5. The molecule has 2 heterocycles. The molecule has 3 atom stereocenters. The topological polar surface area (TPSA) is 75.7 Å². The molecule has 1 aromatic carbocycles. The predicted molar refractivity (Wildman–Crippen MR) is 136 cm³/mol. The van der Waals surface area contributed by atoms with Crippen molar-refractivity contribution in [1.29, 1.82) is 0 Å². The summed E-state index contributed by atoms with van der Waals surface area (Å²) < 4.78 is 5.22. The van der Waals surface area contributed by atoms with Crippen LogP contribution in [0.3, 0.4) is 0 Å². The molecule has 2 amide bonds. The van der Waals surface area contributed by atoms with Crippen molar-refractivity contribution in [2.45, 2.75) is 90.7 Å². The third-order valence-electron chi connectivity index (χ3n) is 7.53. The van der Waals surface area contributed by atoms with Gasteiger partial charge in [0, 0.05) is 0 Å². The molecule has 3 rings (SSSR count). The first-order valence-corrected chi connectivity index (χ1v) is 19.0. The number of thioether (sulfide) groups is 1. The van der Waals surface area contributed by atoms with Crippen molar-refractivity contribution in [3.63, 3.8) is 0 Å². The Morgan fingerprint density at radius 2 is 1.76 bits per heavy atom. The van der Waals surface area contributed by atoms with Gasteiger partial charge < -0.3 is 0 Å². The zero-order valence-corrected chi connectivity index (χ0v) is 23.5. The van der Waals surface area contributed by atoms with Gasteiger partial charge in [-0.3, -0.25) is 0 Å². The van der Waals surface area contributed by atoms with Crippen LogP contribution in [0.15, 0.2) is 30.3 Å². The van der Waals surface area contributed by atoms with Gasteiger partial charge in [-0.05, 0) is 5.56 Å². The van der Waals surface area contributed by atoms with Gasteiger partial charge in [0.15, 0.2) is 0 Å². The van der Waals surface area contributed by atoms with Crippen LogP contribution in [0.5, 0.6) is 0 Å². The van der Waals surface area contributed by atoms with E-state index in [4.69, 9.17) is 4.74 Å². The quantitative estimate of drug-likeness (QED) is 0.199. The van der Waals surface area contributed by atoms with E-state index in [1.54, 1.807) is 16.7 Å². The third-order valence-corrected chi connectivity index (χ3v) is 21.5. The minimum absolute atomic E-state index is 0.180. The Balaban J connectivity index is 1.54. The first-order valence-electron chi connectivity index (χ1n) is 12.2. The van der Waals surface area contributed by atoms with Gasteiger partial charge in [-0.2, -0.15) is 0 Å². The van der Waals surface area contributed by atoms with Crippen molar-refractivity contribution in [3.8, 4) is 0 Å². The summed E-state index contributed by atoms with van der Waals surface area (Å²) in [5.74, 6) is -0.695. The molecule has 2 fully saturated rings. The van der Waals surface area contributed by atoms with E-state index in [1.807, 2.05) is 44.2 Å². The zero-order chi connectivity index (χ0) is 24.2. The van der Waals surface area contributed by atoms with Crippen molar-refractivity contribution in [2.75, 3.05) is 6.61 Å². The average Bonchev–Trinajstić information content (AvgIpc) is 3.06. The van der Waals surface area contributed by atoms with Crippen LogP contribution in [0.1, 0.15) is 46.6 Å². The molecule has 0 aromatic heterocycles. The van der Waals surface area contributed by atoms with Gasteiger partial charge in [0.25, 0.3) is 0 Å². The monoisotopic (exact) mass is 536 g/mol. The van der Waals surface area contributed by atoms with E-state index in [2.05, 4.69) is 26.1 Å². The summed E-state index contributed by atoms with van der Waals surface area (Å²) in [5, 5.41) is 7.81. The van der Waals surface area contributed by atoms with Gasteiger partial charge in [0.2, 0.25) is 0 Å². The fourth-order valence-electron chi connectivity index (χ4n) is 5.11. The number of nitrogens with one attached hydrogen (secondary N) is 1. The number of amides is 2. The van der Waals surface area contributed by atoms with Gasteiger partial charge in [0.05, 0.1) is 0 Å². The number of esters is 1. The van der Waals surface area contributed by atoms with Crippen LogP contribution in [0.2, 0.25) is 21.0 Å². The fraction of sp³-hybridized carbons (Fsp3) is 0.640. The SMILES string of the molecule is C[CH2][Ge]([CH2]C)([CH2]C)[CH2]CCOC(=O)C1N2C(=O)C(NC(=O)Cc3ccccc3)C2SC1(C)C. The first-order chi connectivity index (χ1) is 15.7. The standard InChI is InChI=1S/C25H38GeN2O4S/c1-6-26(7-2,8-3)15-12-16-32-24(31)21-25(4,5)33-23-20(22(30)28(21)23)27-19(29)17-18-13-10-9-11-14-18/h9-11,13-14,20-21,23H,6-8,12,15-17H2,1-5H3,(H,27,29). The summed E-state index contributed by atoms with van der Waals surface area (Å²) in [7, 11) is 0. The number of fused-ring (bicyclic) bond motifs is 1. The maximum atomic E-state index is 13.0. The van der Waals surface area contributed by atoms with E-state index >= 15 is 0 Å². The van der Waals surface area contributed by atoms with Gasteiger partial charge >= 0.3 is 169 Å². The fourth-order valence-corrected chi connectivity index (χ4v) is 14.0. The average molecular weight is 535 g/mol. The van der Waals surface area contributed by atoms with Crippen LogP contribution < -0.4 is 5.32 Å². The molecule has 0 aliphatic carbocycles. The molecule has 6 nitrogen and oxygen atoms in total. The number of ether oxygens (including phenoxy) is 1. The number of rotatable bonds is 11. The Labute approximate surface area is 204 Å². The molecule has 8 heteroatoms. The van der Waals surface area contributed by atoms with Crippen LogP contribution in [0, 0.1) is 0 Å².